The van der Waals surface area contributed by atoms with Crippen molar-refractivity contribution >= 4 is 28.8 Å². The van der Waals surface area contributed by atoms with Gasteiger partial charge in [0, 0.05) is 74.8 Å². The van der Waals surface area contributed by atoms with E-state index in [0.29, 0.717) is 31.1 Å². The minimum atomic E-state index is 0.00693. The molecule has 0 aliphatic carbocycles. The van der Waals surface area contributed by atoms with Crippen LogP contribution in [0.15, 0.2) is 60.4 Å². The molecule has 2 aliphatic heterocycles. The second kappa shape index (κ2) is 8.56. The Morgan fingerprint density at radius 1 is 1.00 bits per heavy atom. The van der Waals surface area contributed by atoms with Gasteiger partial charge in [-0.05, 0) is 29.3 Å². The summed E-state index contributed by atoms with van der Waals surface area (Å²) >= 11 is 1.38. The quantitative estimate of drug-likeness (QED) is 0.633. The van der Waals surface area contributed by atoms with Crippen molar-refractivity contribution in [3.8, 4) is 11.1 Å². The fraction of sp³-hybridized carbons (Fsp3) is 0.304. The first-order valence-corrected chi connectivity index (χ1v) is 11.3. The summed E-state index contributed by atoms with van der Waals surface area (Å²) in [5.74, 6) is 0.160. The first-order chi connectivity index (χ1) is 15.2. The number of aromatic nitrogens is 2. The van der Waals surface area contributed by atoms with E-state index in [9.17, 15) is 9.59 Å². The zero-order valence-corrected chi connectivity index (χ0v) is 17.9. The number of nitrogens with zero attached hydrogens (tertiary/aromatic N) is 5. The Bertz CT molecular complexity index is 1050. The van der Waals surface area contributed by atoms with Crippen LogP contribution in [0.3, 0.4) is 0 Å². The van der Waals surface area contributed by atoms with E-state index in [0.717, 1.165) is 29.9 Å². The molecule has 1 atom stereocenters. The summed E-state index contributed by atoms with van der Waals surface area (Å²) in [7, 11) is 0. The molecular formula is C23H23N5O2S. The smallest absolute Gasteiger partial charge is 0.282 e. The molecule has 0 N–H and O–H groups in total. The average Bonchev–Trinajstić information content (AvgIpc) is 3.50. The molecule has 0 bridgehead atoms. The first-order valence-electron chi connectivity index (χ1n) is 10.4. The number of thiazole rings is 1. The van der Waals surface area contributed by atoms with E-state index in [2.05, 4.69) is 14.9 Å². The molecule has 158 valence electrons. The van der Waals surface area contributed by atoms with Gasteiger partial charge in [-0.2, -0.15) is 0 Å². The number of benzene rings is 1. The molecule has 5 rings (SSSR count). The number of hydrogen-bond donors (Lipinski definition) is 0. The molecule has 1 aromatic carbocycles. The van der Waals surface area contributed by atoms with Crippen LogP contribution >= 0.6 is 11.3 Å². The zero-order chi connectivity index (χ0) is 21.2. The predicted molar refractivity (Wildman–Crippen MR) is 120 cm³/mol. The van der Waals surface area contributed by atoms with Gasteiger partial charge in [-0.25, -0.2) is 4.98 Å². The van der Waals surface area contributed by atoms with Gasteiger partial charge in [-0.15, -0.1) is 11.3 Å². The van der Waals surface area contributed by atoms with Crippen molar-refractivity contribution in [3.05, 3.63) is 65.4 Å². The van der Waals surface area contributed by atoms with E-state index >= 15 is 0 Å². The Kier molecular flexibility index (Phi) is 5.48. The SMILES string of the molecule is O=C(c1nccs1)N1CCN(C2CC(=O)N(c3ccc(-c4cccnc4)cc3)C2)CC1. The van der Waals surface area contributed by atoms with Crippen LogP contribution in [0.5, 0.6) is 0 Å². The number of amides is 2. The van der Waals surface area contributed by atoms with E-state index in [1.165, 1.54) is 11.3 Å². The van der Waals surface area contributed by atoms with Gasteiger partial charge in [0.25, 0.3) is 5.91 Å². The highest BCUT2D eigenvalue weighted by molar-refractivity contribution is 7.11. The molecule has 2 aromatic heterocycles. The van der Waals surface area contributed by atoms with Crippen LogP contribution in [0.2, 0.25) is 0 Å². The van der Waals surface area contributed by atoms with Gasteiger partial charge < -0.3 is 9.80 Å². The molecule has 2 amide bonds. The molecular weight excluding hydrogens is 410 g/mol. The van der Waals surface area contributed by atoms with Gasteiger partial charge >= 0.3 is 0 Å². The maximum absolute atomic E-state index is 12.7. The molecule has 0 radical (unpaired) electrons. The third kappa shape index (κ3) is 4.08. The lowest BCUT2D eigenvalue weighted by molar-refractivity contribution is -0.117. The molecule has 7 nitrogen and oxygen atoms in total. The van der Waals surface area contributed by atoms with Crippen molar-refractivity contribution in [1.29, 1.82) is 0 Å². The standard InChI is InChI=1S/C23H23N5O2S/c29-21-14-20(26-9-11-27(12-10-26)23(30)22-25-8-13-31-22)16-28(21)19-5-3-17(4-6-19)18-2-1-7-24-15-18/h1-8,13,15,20H,9-12,14,16H2. The molecule has 2 saturated heterocycles. The molecule has 2 fully saturated rings. The van der Waals surface area contributed by atoms with Gasteiger partial charge in [0.15, 0.2) is 5.01 Å². The molecule has 31 heavy (non-hydrogen) atoms. The number of carbonyl (C=O) groups is 2. The van der Waals surface area contributed by atoms with E-state index < -0.39 is 0 Å². The van der Waals surface area contributed by atoms with Gasteiger partial charge in [-0.1, -0.05) is 18.2 Å². The fourth-order valence-electron chi connectivity index (χ4n) is 4.30. The van der Waals surface area contributed by atoms with Crippen LogP contribution in [-0.2, 0) is 4.79 Å². The highest BCUT2D eigenvalue weighted by atomic mass is 32.1. The Hall–Kier alpha value is -3.10. The van der Waals surface area contributed by atoms with Crippen LogP contribution in [0.4, 0.5) is 5.69 Å². The van der Waals surface area contributed by atoms with Crippen LogP contribution in [0, 0.1) is 0 Å². The van der Waals surface area contributed by atoms with Gasteiger partial charge in [0.1, 0.15) is 0 Å². The number of rotatable bonds is 4. The lowest BCUT2D eigenvalue weighted by Gasteiger charge is -2.37. The molecule has 0 spiro atoms. The lowest BCUT2D eigenvalue weighted by Crippen LogP contribution is -2.52. The Balaban J connectivity index is 1.20. The lowest BCUT2D eigenvalue weighted by atomic mass is 10.1. The summed E-state index contributed by atoms with van der Waals surface area (Å²) in [4.78, 5) is 39.6. The monoisotopic (exact) mass is 433 g/mol. The van der Waals surface area contributed by atoms with E-state index in [1.807, 2.05) is 57.8 Å². The third-order valence-corrected chi connectivity index (χ3v) is 6.77. The van der Waals surface area contributed by atoms with Crippen LogP contribution in [0.1, 0.15) is 16.2 Å². The van der Waals surface area contributed by atoms with Gasteiger partial charge in [0.05, 0.1) is 0 Å². The average molecular weight is 434 g/mol. The summed E-state index contributed by atoms with van der Waals surface area (Å²) in [6, 6.07) is 12.2. The van der Waals surface area contributed by atoms with Crippen LogP contribution < -0.4 is 4.90 Å². The molecule has 1 unspecified atom stereocenters. The minimum absolute atomic E-state index is 0.00693. The summed E-state index contributed by atoms with van der Waals surface area (Å²) in [5.41, 5.74) is 3.07. The number of anilines is 1. The van der Waals surface area contributed by atoms with Crippen molar-refractivity contribution in [1.82, 2.24) is 19.8 Å². The van der Waals surface area contributed by atoms with Gasteiger partial charge in [-0.3, -0.25) is 19.5 Å². The maximum atomic E-state index is 12.7. The highest BCUT2D eigenvalue weighted by Crippen LogP contribution is 2.28. The van der Waals surface area contributed by atoms with Crippen molar-refractivity contribution in [3.63, 3.8) is 0 Å². The Morgan fingerprint density at radius 3 is 2.48 bits per heavy atom. The first kappa shape index (κ1) is 19.8. The van der Waals surface area contributed by atoms with E-state index in [-0.39, 0.29) is 17.9 Å². The van der Waals surface area contributed by atoms with Crippen molar-refractivity contribution in [2.45, 2.75) is 12.5 Å². The predicted octanol–water partition coefficient (Wildman–Crippen LogP) is 2.77. The summed E-state index contributed by atoms with van der Waals surface area (Å²) in [6.07, 6.45) is 5.78. The highest BCUT2D eigenvalue weighted by Gasteiger charge is 2.36. The topological polar surface area (TPSA) is 69.6 Å². The van der Waals surface area contributed by atoms with Crippen LogP contribution in [0.25, 0.3) is 11.1 Å². The number of carbonyl (C=O) groups excluding carboxylic acids is 2. The third-order valence-electron chi connectivity index (χ3n) is 6.01. The molecule has 8 heteroatoms. The minimum Gasteiger partial charge on any atom is -0.334 e. The van der Waals surface area contributed by atoms with E-state index in [1.54, 1.807) is 12.4 Å². The molecule has 3 aromatic rings. The normalized spacial score (nSPS) is 19.7. The fourth-order valence-corrected chi connectivity index (χ4v) is 4.91. The maximum Gasteiger partial charge on any atom is 0.282 e. The van der Waals surface area contributed by atoms with Crippen molar-refractivity contribution in [2.24, 2.45) is 0 Å². The summed E-state index contributed by atoms with van der Waals surface area (Å²) in [5, 5.41) is 2.37. The summed E-state index contributed by atoms with van der Waals surface area (Å²) < 4.78 is 0. The second-order valence-electron chi connectivity index (χ2n) is 7.82. The van der Waals surface area contributed by atoms with Gasteiger partial charge in [0.2, 0.25) is 5.91 Å². The second-order valence-corrected chi connectivity index (χ2v) is 8.71. The largest absolute Gasteiger partial charge is 0.334 e. The molecule has 0 saturated carbocycles. The Labute approximate surface area is 185 Å². The number of hydrogen-bond acceptors (Lipinski definition) is 6. The molecule has 4 heterocycles. The summed E-state index contributed by atoms with van der Waals surface area (Å²) in [6.45, 7) is 3.59. The van der Waals surface area contributed by atoms with E-state index in [4.69, 9.17) is 0 Å². The molecule has 2 aliphatic rings. The number of piperazine rings is 1. The number of pyridine rings is 1. The van der Waals surface area contributed by atoms with Crippen molar-refractivity contribution in [2.75, 3.05) is 37.6 Å². The van der Waals surface area contributed by atoms with Crippen LogP contribution in [-0.4, -0.2) is 70.3 Å². The van der Waals surface area contributed by atoms with Crippen molar-refractivity contribution < 1.29 is 9.59 Å². The zero-order valence-electron chi connectivity index (χ0n) is 17.1. The Morgan fingerprint density at radius 2 is 1.81 bits per heavy atom.